The van der Waals surface area contributed by atoms with Crippen molar-refractivity contribution in [2.75, 3.05) is 12.3 Å². The number of para-hydroxylation sites is 1. The molecule has 2 N–H and O–H groups in total. The second kappa shape index (κ2) is 5.06. The molecule has 1 heterocycles. The molecule has 0 bridgehead atoms. The molecule has 0 aromatic heterocycles. The maximum absolute atomic E-state index is 5.84. The molecule has 1 aliphatic rings. The molecule has 1 aliphatic heterocycles. The van der Waals surface area contributed by atoms with Crippen LogP contribution in [-0.2, 0) is 4.74 Å². The van der Waals surface area contributed by atoms with Gasteiger partial charge in [0.1, 0.15) is 6.61 Å². The van der Waals surface area contributed by atoms with Gasteiger partial charge in [0, 0.05) is 0 Å². The number of nitrogens with two attached hydrogens (primary N) is 1. The van der Waals surface area contributed by atoms with E-state index in [1.54, 1.807) is 0 Å². The number of hydrogen-bond donors (Lipinski definition) is 1. The molecule has 0 amide bonds. The third kappa shape index (κ3) is 2.68. The minimum atomic E-state index is 0.196. The molecular formula is C12H16BrNO2. The van der Waals surface area contributed by atoms with Crippen molar-refractivity contribution in [3.05, 3.63) is 22.7 Å². The lowest BCUT2D eigenvalue weighted by Crippen LogP contribution is -2.18. The fraction of sp³-hybridized carbons (Fsp3) is 0.500. The van der Waals surface area contributed by atoms with Crippen LogP contribution in [0.25, 0.3) is 0 Å². The molecule has 0 radical (unpaired) electrons. The van der Waals surface area contributed by atoms with Gasteiger partial charge < -0.3 is 15.2 Å². The van der Waals surface area contributed by atoms with Gasteiger partial charge in [-0.1, -0.05) is 6.07 Å². The van der Waals surface area contributed by atoms with Crippen LogP contribution in [-0.4, -0.2) is 18.8 Å². The van der Waals surface area contributed by atoms with Crippen LogP contribution in [0.15, 0.2) is 22.7 Å². The summed E-state index contributed by atoms with van der Waals surface area (Å²) < 4.78 is 12.3. The van der Waals surface area contributed by atoms with Crippen LogP contribution in [0.5, 0.6) is 5.75 Å². The largest absolute Gasteiger partial charge is 0.488 e. The van der Waals surface area contributed by atoms with Crippen LogP contribution in [0.4, 0.5) is 5.69 Å². The second-order valence-corrected chi connectivity index (χ2v) is 4.97. The highest BCUT2D eigenvalue weighted by Crippen LogP contribution is 2.31. The number of benzene rings is 1. The van der Waals surface area contributed by atoms with Crippen molar-refractivity contribution in [3.8, 4) is 5.75 Å². The summed E-state index contributed by atoms with van der Waals surface area (Å²) in [6, 6.07) is 5.64. The van der Waals surface area contributed by atoms with Gasteiger partial charge in [0.25, 0.3) is 0 Å². The van der Waals surface area contributed by atoms with Crippen molar-refractivity contribution in [1.29, 1.82) is 0 Å². The molecule has 2 rings (SSSR count). The van der Waals surface area contributed by atoms with Gasteiger partial charge in [-0.2, -0.15) is 0 Å². The van der Waals surface area contributed by atoms with Crippen molar-refractivity contribution < 1.29 is 9.47 Å². The minimum Gasteiger partial charge on any atom is -0.488 e. The van der Waals surface area contributed by atoms with Gasteiger partial charge in [-0.05, 0) is 47.8 Å². The molecule has 1 aromatic carbocycles. The Balaban J connectivity index is 1.94. The lowest BCUT2D eigenvalue weighted by atomic mass is 10.2. The van der Waals surface area contributed by atoms with Gasteiger partial charge in [-0.15, -0.1) is 0 Å². The van der Waals surface area contributed by atoms with Crippen LogP contribution < -0.4 is 10.5 Å². The number of halogens is 1. The van der Waals surface area contributed by atoms with E-state index in [4.69, 9.17) is 15.2 Å². The zero-order valence-corrected chi connectivity index (χ0v) is 10.9. The van der Waals surface area contributed by atoms with Crippen molar-refractivity contribution in [1.82, 2.24) is 0 Å². The predicted molar refractivity (Wildman–Crippen MR) is 67.6 cm³/mol. The summed E-state index contributed by atoms with van der Waals surface area (Å²) in [6.45, 7) is 2.66. The average molecular weight is 286 g/mol. The second-order valence-electron chi connectivity index (χ2n) is 4.12. The van der Waals surface area contributed by atoms with Gasteiger partial charge in [0.2, 0.25) is 0 Å². The van der Waals surface area contributed by atoms with Gasteiger partial charge in [-0.3, -0.25) is 0 Å². The van der Waals surface area contributed by atoms with Crippen molar-refractivity contribution in [2.45, 2.75) is 32.0 Å². The Morgan fingerprint density at radius 1 is 1.50 bits per heavy atom. The SMILES string of the molecule is CC1CCC(COc2c(N)cccc2Br)O1. The summed E-state index contributed by atoms with van der Waals surface area (Å²) >= 11 is 3.42. The van der Waals surface area contributed by atoms with Crippen LogP contribution in [0.2, 0.25) is 0 Å². The van der Waals surface area contributed by atoms with Gasteiger partial charge >= 0.3 is 0 Å². The first kappa shape index (κ1) is 11.7. The van der Waals surface area contributed by atoms with E-state index >= 15 is 0 Å². The van der Waals surface area contributed by atoms with E-state index in [9.17, 15) is 0 Å². The molecule has 0 saturated carbocycles. The monoisotopic (exact) mass is 285 g/mol. The molecule has 2 atom stereocenters. The van der Waals surface area contributed by atoms with E-state index in [0.717, 1.165) is 17.3 Å². The number of hydrogen-bond acceptors (Lipinski definition) is 3. The highest BCUT2D eigenvalue weighted by atomic mass is 79.9. The zero-order valence-electron chi connectivity index (χ0n) is 9.28. The zero-order chi connectivity index (χ0) is 11.5. The summed E-state index contributed by atoms with van der Waals surface area (Å²) in [5, 5.41) is 0. The third-order valence-electron chi connectivity index (χ3n) is 2.73. The molecule has 0 spiro atoms. The van der Waals surface area contributed by atoms with E-state index < -0.39 is 0 Å². The molecule has 88 valence electrons. The van der Waals surface area contributed by atoms with Crippen molar-refractivity contribution in [2.24, 2.45) is 0 Å². The van der Waals surface area contributed by atoms with E-state index in [1.165, 1.54) is 0 Å². The summed E-state index contributed by atoms with van der Waals surface area (Å²) in [5.74, 6) is 0.714. The number of nitrogen functional groups attached to an aromatic ring is 1. The van der Waals surface area contributed by atoms with Crippen LogP contribution in [0, 0.1) is 0 Å². The van der Waals surface area contributed by atoms with Crippen LogP contribution in [0.3, 0.4) is 0 Å². The quantitative estimate of drug-likeness (QED) is 0.869. The minimum absolute atomic E-state index is 0.196. The first-order chi connectivity index (χ1) is 7.66. The van der Waals surface area contributed by atoms with Gasteiger partial charge in [0.15, 0.2) is 5.75 Å². The molecule has 1 aromatic rings. The smallest absolute Gasteiger partial charge is 0.156 e. The molecule has 16 heavy (non-hydrogen) atoms. The van der Waals surface area contributed by atoms with E-state index in [1.807, 2.05) is 18.2 Å². The maximum Gasteiger partial charge on any atom is 0.156 e. The molecule has 4 heteroatoms. The highest BCUT2D eigenvalue weighted by molar-refractivity contribution is 9.10. The number of rotatable bonds is 3. The molecular weight excluding hydrogens is 270 g/mol. The average Bonchev–Trinajstić information content (AvgIpc) is 2.63. The third-order valence-corrected chi connectivity index (χ3v) is 3.36. The maximum atomic E-state index is 5.84. The van der Waals surface area contributed by atoms with E-state index in [0.29, 0.717) is 24.1 Å². The fourth-order valence-electron chi connectivity index (χ4n) is 1.86. The van der Waals surface area contributed by atoms with Crippen molar-refractivity contribution in [3.63, 3.8) is 0 Å². The summed E-state index contributed by atoms with van der Waals surface area (Å²) in [7, 11) is 0. The molecule has 2 unspecified atom stereocenters. The molecule has 1 saturated heterocycles. The standard InChI is InChI=1S/C12H16BrNO2/c1-8-5-6-9(16-8)7-15-12-10(13)3-2-4-11(12)14/h2-4,8-9H,5-7,14H2,1H3. The lowest BCUT2D eigenvalue weighted by Gasteiger charge is -2.15. The Kier molecular flexibility index (Phi) is 3.71. The van der Waals surface area contributed by atoms with Gasteiger partial charge in [-0.25, -0.2) is 0 Å². The lowest BCUT2D eigenvalue weighted by molar-refractivity contribution is 0.0265. The molecule has 3 nitrogen and oxygen atoms in total. The first-order valence-electron chi connectivity index (χ1n) is 5.49. The Bertz CT molecular complexity index is 350. The normalized spacial score (nSPS) is 24.6. The predicted octanol–water partition coefficient (Wildman–Crippen LogP) is 2.98. The Labute approximate surface area is 104 Å². The Morgan fingerprint density at radius 2 is 2.31 bits per heavy atom. The molecule has 0 aliphatic carbocycles. The highest BCUT2D eigenvalue weighted by Gasteiger charge is 2.22. The Morgan fingerprint density at radius 3 is 2.94 bits per heavy atom. The first-order valence-corrected chi connectivity index (χ1v) is 6.28. The summed E-state index contributed by atoms with van der Waals surface area (Å²) in [5.41, 5.74) is 6.49. The summed E-state index contributed by atoms with van der Waals surface area (Å²) in [4.78, 5) is 0. The van der Waals surface area contributed by atoms with Gasteiger partial charge in [0.05, 0.1) is 22.4 Å². The van der Waals surface area contributed by atoms with E-state index in [-0.39, 0.29) is 6.10 Å². The summed E-state index contributed by atoms with van der Waals surface area (Å²) in [6.07, 6.45) is 2.72. The Hall–Kier alpha value is -0.740. The number of ether oxygens (including phenoxy) is 2. The topological polar surface area (TPSA) is 44.5 Å². The number of anilines is 1. The van der Waals surface area contributed by atoms with Crippen molar-refractivity contribution >= 4 is 21.6 Å². The van der Waals surface area contributed by atoms with Crippen LogP contribution >= 0.6 is 15.9 Å². The molecule has 1 fully saturated rings. The fourth-order valence-corrected chi connectivity index (χ4v) is 2.36. The van der Waals surface area contributed by atoms with E-state index in [2.05, 4.69) is 22.9 Å². The van der Waals surface area contributed by atoms with Crippen LogP contribution in [0.1, 0.15) is 19.8 Å².